The number of hydrogen-bond acceptors (Lipinski definition) is 1. The third-order valence-corrected chi connectivity index (χ3v) is 1.28. The Labute approximate surface area is 61.2 Å². The maximum absolute atomic E-state index is 5.77. The van der Waals surface area contributed by atoms with Gasteiger partial charge in [-0.2, -0.15) is 0 Å². The van der Waals surface area contributed by atoms with Crippen LogP contribution in [0.5, 0.6) is 0 Å². The van der Waals surface area contributed by atoms with Gasteiger partial charge in [-0.15, -0.1) is 24.8 Å². The van der Waals surface area contributed by atoms with Gasteiger partial charge < -0.3 is 5.73 Å². The molecule has 0 aliphatic carbocycles. The van der Waals surface area contributed by atoms with Crippen LogP contribution in [-0.2, 0) is 0 Å². The summed E-state index contributed by atoms with van der Waals surface area (Å²) < 4.78 is 0. The number of hydrogen-bond donors (Lipinski definition) is 1. The molecule has 2 heteroatoms. The van der Waals surface area contributed by atoms with Crippen molar-refractivity contribution in [2.75, 3.05) is 0 Å². The first-order chi connectivity index (χ1) is 4.12. The predicted octanol–water partition coefficient (Wildman–Crippen LogP) is 2.03. The molecule has 0 spiro atoms. The predicted molar refractivity (Wildman–Crippen MR) is 42.4 cm³/mol. The van der Waals surface area contributed by atoms with E-state index in [-0.39, 0.29) is 0 Å². The minimum absolute atomic E-state index is 0.612. The van der Waals surface area contributed by atoms with Crippen molar-refractivity contribution < 1.29 is 0 Å². The summed E-state index contributed by atoms with van der Waals surface area (Å²) in [6.45, 7) is 7.06. The van der Waals surface area contributed by atoms with Crippen LogP contribution in [0.2, 0.25) is 0 Å². The number of rotatable bonds is 4. The normalized spacial score (nSPS) is 10.9. The molecule has 52 valence electrons. The molecule has 2 N–H and O–H groups in total. The van der Waals surface area contributed by atoms with Gasteiger partial charge in [-0.25, -0.2) is 0 Å². The zero-order chi connectivity index (χ0) is 7.33. The lowest BCUT2D eigenvalue weighted by atomic mass is 10.1. The van der Waals surface area contributed by atoms with Crippen molar-refractivity contribution in [3.05, 3.63) is 25.3 Å². The Morgan fingerprint density at radius 1 is 1.33 bits per heavy atom. The van der Waals surface area contributed by atoms with Crippen LogP contribution in [0.25, 0.3) is 0 Å². The Kier molecular flexibility index (Phi) is 3.59. The summed E-state index contributed by atoms with van der Waals surface area (Å²) in [6.07, 6.45) is 4.63. The molecule has 1 nitrogen and oxygen atoms in total. The van der Waals surface area contributed by atoms with Crippen molar-refractivity contribution in [1.29, 1.82) is 0 Å². The van der Waals surface area contributed by atoms with Gasteiger partial charge in [-0.1, -0.05) is 12.2 Å². The number of alkyl halides is 1. The van der Waals surface area contributed by atoms with E-state index in [9.17, 15) is 0 Å². The lowest BCUT2D eigenvalue weighted by Gasteiger charge is -2.16. The van der Waals surface area contributed by atoms with Gasteiger partial charge in [0.25, 0.3) is 0 Å². The minimum Gasteiger partial charge on any atom is -0.312 e. The first-order valence-corrected chi connectivity index (χ1v) is 3.20. The summed E-state index contributed by atoms with van der Waals surface area (Å²) >= 11 is 5.77. The van der Waals surface area contributed by atoms with Crippen molar-refractivity contribution >= 4 is 11.6 Å². The fourth-order valence-electron chi connectivity index (χ4n) is 0.563. The van der Waals surface area contributed by atoms with E-state index in [2.05, 4.69) is 13.2 Å². The molecule has 0 saturated heterocycles. The van der Waals surface area contributed by atoms with Crippen LogP contribution < -0.4 is 5.73 Å². The van der Waals surface area contributed by atoms with Gasteiger partial charge in [0.1, 0.15) is 0 Å². The summed E-state index contributed by atoms with van der Waals surface area (Å²) in [6, 6.07) is 0. The summed E-state index contributed by atoms with van der Waals surface area (Å²) in [5.74, 6) is 0. The molecule has 0 aromatic heterocycles. The smallest absolute Gasteiger partial charge is 0.0979 e. The maximum Gasteiger partial charge on any atom is 0.0979 e. The maximum atomic E-state index is 5.77. The third kappa shape index (κ3) is 4.25. The second-order valence-electron chi connectivity index (χ2n) is 2.02. The Hall–Kier alpha value is -0.270. The SMILES string of the molecule is C=CCC(N)(Cl)CC=C. The largest absolute Gasteiger partial charge is 0.312 e. The number of nitrogens with two attached hydrogens (primary N) is 1. The minimum atomic E-state index is -0.663. The fourth-order valence-corrected chi connectivity index (χ4v) is 0.781. The molecule has 0 saturated carbocycles. The van der Waals surface area contributed by atoms with Crippen molar-refractivity contribution in [1.82, 2.24) is 0 Å². The second kappa shape index (κ2) is 3.70. The highest BCUT2D eigenvalue weighted by Gasteiger charge is 2.16. The van der Waals surface area contributed by atoms with E-state index in [1.165, 1.54) is 0 Å². The first kappa shape index (κ1) is 8.73. The molecule has 0 bridgehead atoms. The van der Waals surface area contributed by atoms with Crippen molar-refractivity contribution in [2.24, 2.45) is 5.73 Å². The molecule has 9 heavy (non-hydrogen) atoms. The van der Waals surface area contributed by atoms with E-state index in [1.807, 2.05) is 0 Å². The summed E-state index contributed by atoms with van der Waals surface area (Å²) in [4.78, 5) is -0.663. The molecule has 0 unspecified atom stereocenters. The highest BCUT2D eigenvalue weighted by atomic mass is 35.5. The Morgan fingerprint density at radius 2 is 1.67 bits per heavy atom. The first-order valence-electron chi connectivity index (χ1n) is 2.82. The zero-order valence-electron chi connectivity index (χ0n) is 5.44. The van der Waals surface area contributed by atoms with Crippen LogP contribution in [0.3, 0.4) is 0 Å². The van der Waals surface area contributed by atoms with E-state index >= 15 is 0 Å². The van der Waals surface area contributed by atoms with Gasteiger partial charge in [0.2, 0.25) is 0 Å². The monoisotopic (exact) mass is 145 g/mol. The standard InChI is InChI=1S/C7H12ClN/c1-3-5-7(8,9)6-4-2/h3-4H,1-2,5-6,9H2. The van der Waals surface area contributed by atoms with Crippen LogP contribution in [0.4, 0.5) is 0 Å². The third-order valence-electron chi connectivity index (χ3n) is 0.967. The molecular formula is C7H12ClN. The van der Waals surface area contributed by atoms with Gasteiger partial charge >= 0.3 is 0 Å². The van der Waals surface area contributed by atoms with Gasteiger partial charge in [-0.05, 0) is 12.8 Å². The fraction of sp³-hybridized carbons (Fsp3) is 0.429. The highest BCUT2D eigenvalue weighted by molar-refractivity contribution is 6.23. The molecule has 0 rings (SSSR count). The molecule has 0 radical (unpaired) electrons. The molecule has 0 aromatic rings. The quantitative estimate of drug-likeness (QED) is 0.366. The van der Waals surface area contributed by atoms with Crippen molar-refractivity contribution in [3.8, 4) is 0 Å². The molecule has 0 aromatic carbocycles. The topological polar surface area (TPSA) is 26.0 Å². The van der Waals surface area contributed by atoms with Crippen LogP contribution in [0.1, 0.15) is 12.8 Å². The Morgan fingerprint density at radius 3 is 1.89 bits per heavy atom. The molecule has 0 heterocycles. The second-order valence-corrected chi connectivity index (χ2v) is 2.77. The van der Waals surface area contributed by atoms with E-state index in [4.69, 9.17) is 17.3 Å². The molecule has 0 amide bonds. The Balaban J connectivity index is 3.68. The van der Waals surface area contributed by atoms with E-state index in [0.29, 0.717) is 12.8 Å². The molecule has 0 aliphatic heterocycles. The van der Waals surface area contributed by atoms with E-state index < -0.39 is 5.00 Å². The molecule has 0 atom stereocenters. The van der Waals surface area contributed by atoms with E-state index in [1.54, 1.807) is 12.2 Å². The average molecular weight is 146 g/mol. The van der Waals surface area contributed by atoms with Gasteiger partial charge in [0.15, 0.2) is 0 Å². The van der Waals surface area contributed by atoms with Crippen LogP contribution >= 0.6 is 11.6 Å². The Bertz CT molecular complexity index is 95.5. The van der Waals surface area contributed by atoms with Gasteiger partial charge in [0, 0.05) is 0 Å². The summed E-state index contributed by atoms with van der Waals surface area (Å²) in [5, 5.41) is 0. The van der Waals surface area contributed by atoms with Gasteiger partial charge in [-0.3, -0.25) is 0 Å². The van der Waals surface area contributed by atoms with Crippen molar-refractivity contribution in [3.63, 3.8) is 0 Å². The highest BCUT2D eigenvalue weighted by Crippen LogP contribution is 2.17. The van der Waals surface area contributed by atoms with Crippen LogP contribution in [-0.4, -0.2) is 5.00 Å². The van der Waals surface area contributed by atoms with Crippen LogP contribution in [0.15, 0.2) is 25.3 Å². The summed E-state index contributed by atoms with van der Waals surface area (Å²) in [7, 11) is 0. The zero-order valence-corrected chi connectivity index (χ0v) is 6.19. The number of halogens is 1. The molecule has 0 aliphatic rings. The van der Waals surface area contributed by atoms with Gasteiger partial charge in [0.05, 0.1) is 5.00 Å². The molecule has 0 fully saturated rings. The van der Waals surface area contributed by atoms with E-state index in [0.717, 1.165) is 0 Å². The lowest BCUT2D eigenvalue weighted by molar-refractivity contribution is 0.618. The average Bonchev–Trinajstić information content (AvgIpc) is 1.64. The molecular weight excluding hydrogens is 134 g/mol. The summed E-state index contributed by atoms with van der Waals surface area (Å²) in [5.41, 5.74) is 5.56. The van der Waals surface area contributed by atoms with Crippen LogP contribution in [0, 0.1) is 0 Å². The lowest BCUT2D eigenvalue weighted by Crippen LogP contribution is -2.31. The van der Waals surface area contributed by atoms with Crippen molar-refractivity contribution in [2.45, 2.75) is 17.8 Å².